The topological polar surface area (TPSA) is 47.3 Å². The van der Waals surface area contributed by atoms with E-state index in [0.29, 0.717) is 0 Å². The Labute approximate surface area is 117 Å². The standard InChI is InChI=1S/C12H10ClF3N2O2/c1-18-10(9(13)6-17-18)11(19)7-3-2-4-8(5-7)20-12(14,15)16/h2-6,11,19H,1H3. The molecule has 4 nitrogen and oxygen atoms in total. The van der Waals surface area contributed by atoms with Gasteiger partial charge in [-0.05, 0) is 17.7 Å². The second-order valence-corrected chi connectivity index (χ2v) is 4.43. The Morgan fingerprint density at radius 1 is 1.40 bits per heavy atom. The average molecular weight is 307 g/mol. The molecular formula is C12H10ClF3N2O2. The van der Waals surface area contributed by atoms with Gasteiger partial charge in [0.05, 0.1) is 16.9 Å². The minimum atomic E-state index is -4.78. The number of hydrogen-bond acceptors (Lipinski definition) is 3. The lowest BCUT2D eigenvalue weighted by atomic mass is 10.1. The van der Waals surface area contributed by atoms with Crippen molar-refractivity contribution in [2.75, 3.05) is 0 Å². The maximum absolute atomic E-state index is 12.2. The monoisotopic (exact) mass is 306 g/mol. The molecule has 0 saturated heterocycles. The number of alkyl halides is 3. The maximum atomic E-state index is 12.2. The summed E-state index contributed by atoms with van der Waals surface area (Å²) < 4.78 is 41.6. The van der Waals surface area contributed by atoms with Gasteiger partial charge in [0, 0.05) is 7.05 Å². The molecule has 0 fully saturated rings. The van der Waals surface area contributed by atoms with Crippen LogP contribution < -0.4 is 4.74 Å². The third-order valence-electron chi connectivity index (χ3n) is 2.60. The third-order valence-corrected chi connectivity index (χ3v) is 2.90. The zero-order valence-electron chi connectivity index (χ0n) is 10.2. The van der Waals surface area contributed by atoms with Crippen LogP contribution in [0.25, 0.3) is 0 Å². The fourth-order valence-corrected chi connectivity index (χ4v) is 2.04. The first-order valence-electron chi connectivity index (χ1n) is 5.49. The van der Waals surface area contributed by atoms with Gasteiger partial charge in [-0.3, -0.25) is 4.68 Å². The number of nitrogens with zero attached hydrogens (tertiary/aromatic N) is 2. The van der Waals surface area contributed by atoms with Crippen molar-refractivity contribution in [3.8, 4) is 5.75 Å². The molecular weight excluding hydrogens is 297 g/mol. The molecule has 1 atom stereocenters. The second-order valence-electron chi connectivity index (χ2n) is 4.02. The summed E-state index contributed by atoms with van der Waals surface area (Å²) in [5, 5.41) is 14.3. The summed E-state index contributed by atoms with van der Waals surface area (Å²) in [6, 6.07) is 5.07. The van der Waals surface area contributed by atoms with Crippen molar-refractivity contribution in [1.82, 2.24) is 9.78 Å². The highest BCUT2D eigenvalue weighted by Gasteiger charge is 2.31. The third kappa shape index (κ3) is 3.23. The lowest BCUT2D eigenvalue weighted by Gasteiger charge is -2.14. The maximum Gasteiger partial charge on any atom is 0.573 e. The summed E-state index contributed by atoms with van der Waals surface area (Å²) in [7, 11) is 1.57. The fourth-order valence-electron chi connectivity index (χ4n) is 1.77. The number of benzene rings is 1. The van der Waals surface area contributed by atoms with Crippen LogP contribution in [0.5, 0.6) is 5.75 Å². The van der Waals surface area contributed by atoms with Gasteiger partial charge in [0.1, 0.15) is 11.9 Å². The van der Waals surface area contributed by atoms with Gasteiger partial charge < -0.3 is 9.84 Å². The molecule has 2 aromatic rings. The Kier molecular flexibility index (Phi) is 3.92. The van der Waals surface area contributed by atoms with Gasteiger partial charge in [-0.25, -0.2) is 0 Å². The lowest BCUT2D eigenvalue weighted by molar-refractivity contribution is -0.274. The van der Waals surface area contributed by atoms with E-state index in [9.17, 15) is 18.3 Å². The first kappa shape index (κ1) is 14.7. The van der Waals surface area contributed by atoms with Gasteiger partial charge in [0.25, 0.3) is 0 Å². The van der Waals surface area contributed by atoms with Crippen molar-refractivity contribution >= 4 is 11.6 Å². The minimum absolute atomic E-state index is 0.220. The molecule has 0 saturated carbocycles. The highest BCUT2D eigenvalue weighted by Crippen LogP contribution is 2.31. The van der Waals surface area contributed by atoms with Crippen LogP contribution in [0.1, 0.15) is 17.4 Å². The van der Waals surface area contributed by atoms with Crippen LogP contribution >= 0.6 is 11.6 Å². The minimum Gasteiger partial charge on any atom is -0.406 e. The van der Waals surface area contributed by atoms with Crippen LogP contribution in [-0.4, -0.2) is 21.2 Å². The lowest BCUT2D eigenvalue weighted by Crippen LogP contribution is -2.17. The van der Waals surface area contributed by atoms with E-state index < -0.39 is 18.2 Å². The molecule has 0 aliphatic carbocycles. The van der Waals surface area contributed by atoms with Crippen LogP contribution in [-0.2, 0) is 7.05 Å². The molecule has 1 aromatic carbocycles. The normalized spacial score (nSPS) is 13.3. The number of aryl methyl sites for hydroxylation is 1. The van der Waals surface area contributed by atoms with Crippen LogP contribution in [0, 0.1) is 0 Å². The molecule has 20 heavy (non-hydrogen) atoms. The quantitative estimate of drug-likeness (QED) is 0.948. The second kappa shape index (κ2) is 5.34. The van der Waals surface area contributed by atoms with E-state index in [0.717, 1.165) is 12.1 Å². The number of hydrogen-bond donors (Lipinski definition) is 1. The largest absolute Gasteiger partial charge is 0.573 e. The summed E-state index contributed by atoms with van der Waals surface area (Å²) in [6.45, 7) is 0. The van der Waals surface area contributed by atoms with E-state index >= 15 is 0 Å². The highest BCUT2D eigenvalue weighted by molar-refractivity contribution is 6.31. The SMILES string of the molecule is Cn1ncc(Cl)c1C(O)c1cccc(OC(F)(F)F)c1. The van der Waals surface area contributed by atoms with Crippen LogP contribution in [0.2, 0.25) is 5.02 Å². The first-order chi connectivity index (χ1) is 9.28. The van der Waals surface area contributed by atoms with Crippen molar-refractivity contribution in [3.05, 3.63) is 46.7 Å². The molecule has 0 radical (unpaired) electrons. The van der Waals surface area contributed by atoms with Gasteiger partial charge >= 0.3 is 6.36 Å². The Bertz CT molecular complexity index is 593. The van der Waals surface area contributed by atoms with Gasteiger partial charge in [-0.2, -0.15) is 5.10 Å². The Morgan fingerprint density at radius 3 is 2.65 bits per heavy atom. The van der Waals surface area contributed by atoms with E-state index in [-0.39, 0.29) is 16.3 Å². The zero-order chi connectivity index (χ0) is 14.9. The van der Waals surface area contributed by atoms with Gasteiger partial charge in [-0.15, -0.1) is 13.2 Å². The van der Waals surface area contributed by atoms with Crippen molar-refractivity contribution in [2.24, 2.45) is 7.05 Å². The van der Waals surface area contributed by atoms with Crippen molar-refractivity contribution < 1.29 is 23.0 Å². The van der Waals surface area contributed by atoms with E-state index in [2.05, 4.69) is 9.84 Å². The van der Waals surface area contributed by atoms with E-state index in [1.807, 2.05) is 0 Å². The molecule has 8 heteroatoms. The van der Waals surface area contributed by atoms with Crippen molar-refractivity contribution in [2.45, 2.75) is 12.5 Å². The predicted octanol–water partition coefficient (Wildman–Crippen LogP) is 3.05. The Morgan fingerprint density at radius 2 is 2.10 bits per heavy atom. The molecule has 2 rings (SSSR count). The van der Waals surface area contributed by atoms with E-state index in [1.165, 1.54) is 23.0 Å². The van der Waals surface area contributed by atoms with Gasteiger partial charge in [0.2, 0.25) is 0 Å². The van der Waals surface area contributed by atoms with E-state index in [1.54, 1.807) is 7.05 Å². The molecule has 1 aromatic heterocycles. The molecule has 108 valence electrons. The summed E-state index contributed by atoms with van der Waals surface area (Å²) in [4.78, 5) is 0. The van der Waals surface area contributed by atoms with Crippen LogP contribution in [0.3, 0.4) is 0 Å². The summed E-state index contributed by atoms with van der Waals surface area (Å²) in [6.07, 6.45) is -4.64. The molecule has 0 bridgehead atoms. The molecule has 0 aliphatic heterocycles. The molecule has 0 amide bonds. The molecule has 1 N–H and O–H groups in total. The average Bonchev–Trinajstić information content (AvgIpc) is 2.66. The number of halogens is 4. The summed E-state index contributed by atoms with van der Waals surface area (Å²) in [5.41, 5.74) is 0.507. The van der Waals surface area contributed by atoms with Crippen LogP contribution in [0.4, 0.5) is 13.2 Å². The van der Waals surface area contributed by atoms with Crippen LogP contribution in [0.15, 0.2) is 30.5 Å². The van der Waals surface area contributed by atoms with Gasteiger partial charge in [-0.1, -0.05) is 23.7 Å². The molecule has 1 unspecified atom stereocenters. The molecule has 0 spiro atoms. The Hall–Kier alpha value is -1.73. The summed E-state index contributed by atoms with van der Waals surface area (Å²) in [5.74, 6) is -0.410. The molecule has 1 heterocycles. The summed E-state index contributed by atoms with van der Waals surface area (Å²) >= 11 is 5.88. The van der Waals surface area contributed by atoms with Crippen molar-refractivity contribution in [1.29, 1.82) is 0 Å². The number of aliphatic hydroxyl groups excluding tert-OH is 1. The number of rotatable bonds is 3. The predicted molar refractivity (Wildman–Crippen MR) is 65.4 cm³/mol. The number of ether oxygens (including phenoxy) is 1. The number of aromatic nitrogens is 2. The smallest absolute Gasteiger partial charge is 0.406 e. The highest BCUT2D eigenvalue weighted by atomic mass is 35.5. The number of aliphatic hydroxyl groups is 1. The van der Waals surface area contributed by atoms with E-state index in [4.69, 9.17) is 11.6 Å². The first-order valence-corrected chi connectivity index (χ1v) is 5.87. The molecule has 0 aliphatic rings. The van der Waals surface area contributed by atoms with Crippen molar-refractivity contribution in [3.63, 3.8) is 0 Å². The fraction of sp³-hybridized carbons (Fsp3) is 0.250. The zero-order valence-corrected chi connectivity index (χ0v) is 11.0. The Balaban J connectivity index is 2.32. The van der Waals surface area contributed by atoms with Gasteiger partial charge in [0.15, 0.2) is 0 Å².